The van der Waals surface area contributed by atoms with E-state index in [0.717, 1.165) is 23.8 Å². The first-order chi connectivity index (χ1) is 8.19. The van der Waals surface area contributed by atoms with Crippen molar-refractivity contribution in [2.75, 3.05) is 13.7 Å². The molecule has 0 aliphatic carbocycles. The third-order valence-electron chi connectivity index (χ3n) is 2.60. The molecular weight excluding hydrogens is 238 g/mol. The first kappa shape index (κ1) is 12.0. The lowest BCUT2D eigenvalue weighted by Gasteiger charge is -2.12. The molecule has 1 atom stereocenters. The zero-order valence-electron chi connectivity index (χ0n) is 9.96. The van der Waals surface area contributed by atoms with E-state index < -0.39 is 0 Å². The Bertz CT molecular complexity index is 434. The minimum atomic E-state index is 0.402. The van der Waals surface area contributed by atoms with Crippen LogP contribution in [0.3, 0.4) is 0 Å². The van der Waals surface area contributed by atoms with Crippen molar-refractivity contribution < 1.29 is 4.74 Å². The summed E-state index contributed by atoms with van der Waals surface area (Å²) >= 11 is 5.96. The van der Waals surface area contributed by atoms with E-state index in [-0.39, 0.29) is 0 Å². The SMILES string of the molecule is COc1ccc(Cl)cc1CNC1=NCC(C)N1. The van der Waals surface area contributed by atoms with Crippen molar-refractivity contribution in [1.82, 2.24) is 10.6 Å². The van der Waals surface area contributed by atoms with E-state index in [9.17, 15) is 0 Å². The summed E-state index contributed by atoms with van der Waals surface area (Å²) in [5.74, 6) is 1.66. The maximum Gasteiger partial charge on any atom is 0.191 e. The number of guanidine groups is 1. The molecule has 0 bridgehead atoms. The predicted molar refractivity (Wildman–Crippen MR) is 69.7 cm³/mol. The normalized spacial score (nSPS) is 18.5. The quantitative estimate of drug-likeness (QED) is 0.863. The zero-order valence-corrected chi connectivity index (χ0v) is 10.7. The van der Waals surface area contributed by atoms with Crippen LogP contribution in [0, 0.1) is 0 Å². The molecule has 0 saturated carbocycles. The fraction of sp³-hybridized carbons (Fsp3) is 0.417. The van der Waals surface area contributed by atoms with Crippen LogP contribution in [0.15, 0.2) is 23.2 Å². The molecule has 1 unspecified atom stereocenters. The molecule has 0 aromatic heterocycles. The Labute approximate surface area is 106 Å². The number of methoxy groups -OCH3 is 1. The van der Waals surface area contributed by atoms with Gasteiger partial charge in [0.05, 0.1) is 13.7 Å². The Morgan fingerprint density at radius 2 is 2.41 bits per heavy atom. The van der Waals surface area contributed by atoms with Gasteiger partial charge in [0.15, 0.2) is 5.96 Å². The van der Waals surface area contributed by atoms with Crippen molar-refractivity contribution in [1.29, 1.82) is 0 Å². The van der Waals surface area contributed by atoms with E-state index >= 15 is 0 Å². The number of benzene rings is 1. The monoisotopic (exact) mass is 253 g/mol. The number of hydrogen-bond acceptors (Lipinski definition) is 4. The standard InChI is InChI=1S/C12H16ClN3O/c1-8-6-14-12(16-8)15-7-9-5-10(13)3-4-11(9)17-2/h3-5,8H,6-7H2,1-2H3,(H2,14,15,16). The fourth-order valence-corrected chi connectivity index (χ4v) is 1.92. The van der Waals surface area contributed by atoms with E-state index in [1.807, 2.05) is 18.2 Å². The van der Waals surface area contributed by atoms with E-state index in [4.69, 9.17) is 16.3 Å². The van der Waals surface area contributed by atoms with Crippen molar-refractivity contribution in [2.24, 2.45) is 4.99 Å². The number of nitrogens with one attached hydrogen (secondary N) is 2. The zero-order chi connectivity index (χ0) is 12.3. The Morgan fingerprint density at radius 3 is 3.06 bits per heavy atom. The highest BCUT2D eigenvalue weighted by molar-refractivity contribution is 6.30. The second-order valence-electron chi connectivity index (χ2n) is 4.04. The molecule has 1 heterocycles. The third-order valence-corrected chi connectivity index (χ3v) is 2.83. The lowest BCUT2D eigenvalue weighted by Crippen LogP contribution is -2.37. The van der Waals surface area contributed by atoms with E-state index in [2.05, 4.69) is 22.5 Å². The van der Waals surface area contributed by atoms with Gasteiger partial charge in [-0.3, -0.25) is 4.99 Å². The highest BCUT2D eigenvalue weighted by atomic mass is 35.5. The van der Waals surface area contributed by atoms with Crippen LogP contribution in [0.5, 0.6) is 5.75 Å². The van der Waals surface area contributed by atoms with E-state index in [1.54, 1.807) is 7.11 Å². The minimum Gasteiger partial charge on any atom is -0.496 e. The predicted octanol–water partition coefficient (Wildman–Crippen LogP) is 1.79. The van der Waals surface area contributed by atoms with Crippen LogP contribution >= 0.6 is 11.6 Å². The molecule has 2 rings (SSSR count). The van der Waals surface area contributed by atoms with Crippen LogP contribution in [0.2, 0.25) is 5.02 Å². The largest absolute Gasteiger partial charge is 0.496 e. The molecule has 1 aromatic carbocycles. The molecule has 0 amide bonds. The smallest absolute Gasteiger partial charge is 0.191 e. The van der Waals surface area contributed by atoms with Gasteiger partial charge in [0, 0.05) is 23.2 Å². The van der Waals surface area contributed by atoms with Gasteiger partial charge in [0.25, 0.3) is 0 Å². The lowest BCUT2D eigenvalue weighted by atomic mass is 10.2. The maximum atomic E-state index is 5.96. The van der Waals surface area contributed by atoms with E-state index in [0.29, 0.717) is 17.6 Å². The Morgan fingerprint density at radius 1 is 1.59 bits per heavy atom. The first-order valence-corrected chi connectivity index (χ1v) is 5.94. The highest BCUT2D eigenvalue weighted by Gasteiger charge is 2.12. The van der Waals surface area contributed by atoms with Crippen LogP contribution in [0.4, 0.5) is 0 Å². The molecule has 0 spiro atoms. The summed E-state index contributed by atoms with van der Waals surface area (Å²) in [4.78, 5) is 4.33. The fourth-order valence-electron chi connectivity index (χ4n) is 1.72. The molecule has 1 aromatic rings. The minimum absolute atomic E-state index is 0.402. The van der Waals surface area contributed by atoms with Gasteiger partial charge in [0.1, 0.15) is 5.75 Å². The number of aliphatic imine (C=N–C) groups is 1. The molecule has 0 radical (unpaired) electrons. The Kier molecular flexibility index (Phi) is 3.74. The molecule has 92 valence electrons. The molecular formula is C12H16ClN3O. The molecule has 0 saturated heterocycles. The van der Waals surface area contributed by atoms with Crippen LogP contribution in [0.25, 0.3) is 0 Å². The van der Waals surface area contributed by atoms with Crippen molar-refractivity contribution in [3.63, 3.8) is 0 Å². The van der Waals surface area contributed by atoms with Crippen LogP contribution < -0.4 is 15.4 Å². The molecule has 0 fully saturated rings. The van der Waals surface area contributed by atoms with Crippen LogP contribution in [0.1, 0.15) is 12.5 Å². The summed E-state index contributed by atoms with van der Waals surface area (Å²) < 4.78 is 5.28. The second kappa shape index (κ2) is 5.27. The van der Waals surface area contributed by atoms with Crippen molar-refractivity contribution in [3.8, 4) is 5.75 Å². The average molecular weight is 254 g/mol. The van der Waals surface area contributed by atoms with Gasteiger partial charge >= 0.3 is 0 Å². The van der Waals surface area contributed by atoms with Gasteiger partial charge < -0.3 is 15.4 Å². The average Bonchev–Trinajstić information content (AvgIpc) is 2.73. The van der Waals surface area contributed by atoms with Gasteiger partial charge in [-0.1, -0.05) is 11.6 Å². The summed E-state index contributed by atoms with van der Waals surface area (Å²) in [7, 11) is 1.65. The third kappa shape index (κ3) is 3.03. The number of rotatable bonds is 3. The summed E-state index contributed by atoms with van der Waals surface area (Å²) in [6.07, 6.45) is 0. The second-order valence-corrected chi connectivity index (χ2v) is 4.48. The molecule has 1 aliphatic heterocycles. The summed E-state index contributed by atoms with van der Waals surface area (Å²) in [6, 6.07) is 5.98. The van der Waals surface area contributed by atoms with Crippen LogP contribution in [-0.2, 0) is 6.54 Å². The maximum absolute atomic E-state index is 5.96. The number of halogens is 1. The molecule has 5 heteroatoms. The van der Waals surface area contributed by atoms with Crippen molar-refractivity contribution in [2.45, 2.75) is 19.5 Å². The number of nitrogens with zero attached hydrogens (tertiary/aromatic N) is 1. The first-order valence-electron chi connectivity index (χ1n) is 5.56. The summed E-state index contributed by atoms with van der Waals surface area (Å²) in [5.41, 5.74) is 1.02. The van der Waals surface area contributed by atoms with Gasteiger partial charge in [0.2, 0.25) is 0 Å². The molecule has 4 nitrogen and oxygen atoms in total. The molecule has 17 heavy (non-hydrogen) atoms. The van der Waals surface area contributed by atoms with Crippen LogP contribution in [-0.4, -0.2) is 25.7 Å². The number of hydrogen-bond donors (Lipinski definition) is 2. The van der Waals surface area contributed by atoms with Gasteiger partial charge in [-0.05, 0) is 25.1 Å². The molecule has 2 N–H and O–H groups in total. The van der Waals surface area contributed by atoms with E-state index in [1.165, 1.54) is 0 Å². The number of ether oxygens (including phenoxy) is 1. The lowest BCUT2D eigenvalue weighted by molar-refractivity contribution is 0.409. The van der Waals surface area contributed by atoms with Gasteiger partial charge in [-0.15, -0.1) is 0 Å². The van der Waals surface area contributed by atoms with Gasteiger partial charge in [-0.2, -0.15) is 0 Å². The molecule has 1 aliphatic rings. The Hall–Kier alpha value is -1.42. The van der Waals surface area contributed by atoms with Gasteiger partial charge in [-0.25, -0.2) is 0 Å². The van der Waals surface area contributed by atoms with Crippen molar-refractivity contribution >= 4 is 17.6 Å². The van der Waals surface area contributed by atoms with Crippen molar-refractivity contribution in [3.05, 3.63) is 28.8 Å². The summed E-state index contributed by atoms with van der Waals surface area (Å²) in [6.45, 7) is 3.55. The topological polar surface area (TPSA) is 45.6 Å². The Balaban J connectivity index is 2.01. The highest BCUT2D eigenvalue weighted by Crippen LogP contribution is 2.22. The summed E-state index contributed by atoms with van der Waals surface area (Å²) in [5, 5.41) is 7.18.